The number of amides is 2. The van der Waals surface area contributed by atoms with Crippen molar-refractivity contribution in [3.63, 3.8) is 0 Å². The summed E-state index contributed by atoms with van der Waals surface area (Å²) in [5.74, 6) is -0.902. The number of nitrogens with one attached hydrogen (secondary N) is 4. The molecule has 6 N–H and O–H groups in total. The minimum absolute atomic E-state index is 0.0871. The van der Waals surface area contributed by atoms with E-state index in [1.165, 1.54) is 6.42 Å². The van der Waals surface area contributed by atoms with Crippen LogP contribution in [-0.2, 0) is 11.3 Å². The Bertz CT molecular complexity index is 1280. The first-order valence-electron chi connectivity index (χ1n) is 13.1. The van der Waals surface area contributed by atoms with Gasteiger partial charge in [0.15, 0.2) is 0 Å². The van der Waals surface area contributed by atoms with Crippen LogP contribution in [0.25, 0.3) is 0 Å². The quantitative estimate of drug-likeness (QED) is 0.238. The average molecular weight is 579 g/mol. The number of hydrogen-bond donors (Lipinski definition) is 5. The zero-order chi connectivity index (χ0) is 29.1. The van der Waals surface area contributed by atoms with Crippen molar-refractivity contribution in [3.8, 4) is 0 Å². The van der Waals surface area contributed by atoms with Crippen molar-refractivity contribution in [1.82, 2.24) is 15.5 Å². The predicted octanol–water partition coefficient (Wildman–Crippen LogP) is 5.09. The van der Waals surface area contributed by atoms with Crippen LogP contribution in [0.5, 0.6) is 0 Å². The van der Waals surface area contributed by atoms with Crippen molar-refractivity contribution in [1.29, 1.82) is 0 Å². The number of anilines is 3. The van der Waals surface area contributed by atoms with Crippen LogP contribution in [0.3, 0.4) is 0 Å². The van der Waals surface area contributed by atoms with Gasteiger partial charge in [-0.1, -0.05) is 24.2 Å². The summed E-state index contributed by atoms with van der Waals surface area (Å²) < 4.78 is 39.5. The molecule has 0 radical (unpaired) electrons. The van der Waals surface area contributed by atoms with Crippen LogP contribution in [0.15, 0.2) is 48.8 Å². The van der Waals surface area contributed by atoms with Gasteiger partial charge in [0.05, 0.1) is 22.1 Å². The highest BCUT2D eigenvalue weighted by molar-refractivity contribution is 6.33. The molecule has 216 valence electrons. The molecule has 2 aromatic rings. The smallest absolute Gasteiger partial charge is 0.397 e. The van der Waals surface area contributed by atoms with Gasteiger partial charge < -0.3 is 31.9 Å². The number of carbonyl (C=O) groups is 2. The summed E-state index contributed by atoms with van der Waals surface area (Å²) >= 11 is 6.29. The van der Waals surface area contributed by atoms with E-state index < -0.39 is 17.5 Å². The molecule has 1 aliphatic carbocycles. The molecule has 8 nitrogen and oxygen atoms in total. The lowest BCUT2D eigenvalue weighted by atomic mass is 10.1. The zero-order valence-corrected chi connectivity index (χ0v) is 23.0. The lowest BCUT2D eigenvalue weighted by Crippen LogP contribution is -2.40. The highest BCUT2D eigenvalue weighted by Gasteiger charge is 2.68. The van der Waals surface area contributed by atoms with E-state index in [1.807, 2.05) is 0 Å². The van der Waals surface area contributed by atoms with E-state index in [-0.39, 0.29) is 25.3 Å². The molecule has 1 saturated carbocycles. The lowest BCUT2D eigenvalue weighted by molar-refractivity contribution is -0.192. The van der Waals surface area contributed by atoms with Crippen LogP contribution in [-0.4, -0.2) is 49.1 Å². The number of rotatable bonds is 11. The van der Waals surface area contributed by atoms with Crippen molar-refractivity contribution in [2.45, 2.75) is 50.9 Å². The van der Waals surface area contributed by atoms with Gasteiger partial charge in [-0.05, 0) is 81.6 Å². The standard InChI is InChI=1S/C28H34ClF3N6O2/c1-17(36-23-8-6-19(15-22(23)33)25(39)34-12-9-20-4-3-13-38(20)2)37-24-14-18(5-7-21(24)29)16-35-26(40)27(10-11-27)28(30,31)32/h5-8,14-15,20,36-37H,1,3-4,9-13,16,33H2,2H3,(H,34,39)(H,35,40). The van der Waals surface area contributed by atoms with Crippen molar-refractivity contribution in [2.24, 2.45) is 5.41 Å². The van der Waals surface area contributed by atoms with Gasteiger partial charge in [0, 0.05) is 24.7 Å². The van der Waals surface area contributed by atoms with Crippen molar-refractivity contribution in [3.05, 3.63) is 64.9 Å². The zero-order valence-electron chi connectivity index (χ0n) is 22.3. The fraction of sp³-hybridized carbons (Fsp3) is 0.429. The van der Waals surface area contributed by atoms with Gasteiger partial charge in [-0.3, -0.25) is 9.59 Å². The number of alkyl halides is 3. The summed E-state index contributed by atoms with van der Waals surface area (Å²) in [6.07, 6.45) is -1.74. The van der Waals surface area contributed by atoms with E-state index in [2.05, 4.69) is 39.8 Å². The molecule has 1 heterocycles. The molecule has 0 aromatic heterocycles. The highest BCUT2D eigenvalue weighted by Crippen LogP contribution is 2.57. The molecule has 1 aliphatic heterocycles. The van der Waals surface area contributed by atoms with Crippen LogP contribution < -0.4 is 27.0 Å². The molecule has 0 bridgehead atoms. The Balaban J connectivity index is 1.29. The summed E-state index contributed by atoms with van der Waals surface area (Å²) in [5.41, 5.74) is 6.19. The van der Waals surface area contributed by atoms with Gasteiger partial charge in [0.1, 0.15) is 11.2 Å². The predicted molar refractivity (Wildman–Crippen MR) is 151 cm³/mol. The minimum Gasteiger partial charge on any atom is -0.397 e. The molecular weight excluding hydrogens is 545 g/mol. The molecule has 2 aromatic carbocycles. The number of nitrogens with zero attached hydrogens (tertiary/aromatic N) is 1. The first-order chi connectivity index (χ1) is 18.9. The number of halogens is 4. The fourth-order valence-electron chi connectivity index (χ4n) is 4.87. The third-order valence-corrected chi connectivity index (χ3v) is 7.86. The van der Waals surface area contributed by atoms with E-state index in [0.29, 0.717) is 51.6 Å². The van der Waals surface area contributed by atoms with Crippen molar-refractivity contribution < 1.29 is 22.8 Å². The largest absolute Gasteiger partial charge is 0.403 e. The number of hydrogen-bond acceptors (Lipinski definition) is 6. The van der Waals surface area contributed by atoms with Crippen LogP contribution >= 0.6 is 11.6 Å². The maximum absolute atomic E-state index is 13.2. The van der Waals surface area contributed by atoms with Crippen LogP contribution in [0, 0.1) is 5.41 Å². The van der Waals surface area contributed by atoms with Crippen LogP contribution in [0.1, 0.15) is 48.0 Å². The number of nitrogens with two attached hydrogens (primary N) is 1. The third-order valence-electron chi connectivity index (χ3n) is 7.53. The Hall–Kier alpha value is -3.44. The maximum Gasteiger partial charge on any atom is 0.403 e. The number of benzene rings is 2. The molecule has 12 heteroatoms. The SMILES string of the molecule is C=C(Nc1ccc(C(=O)NCCC2CCCN2C)cc1N)Nc1cc(CNC(=O)C2(C(F)(F)F)CC2)ccc1Cl. The fourth-order valence-corrected chi connectivity index (χ4v) is 5.03. The monoisotopic (exact) mass is 578 g/mol. The Morgan fingerprint density at radius 3 is 2.48 bits per heavy atom. The van der Waals surface area contributed by atoms with E-state index in [4.69, 9.17) is 17.3 Å². The molecule has 0 spiro atoms. The van der Waals surface area contributed by atoms with E-state index in [1.54, 1.807) is 36.4 Å². The molecule has 2 fully saturated rings. The van der Waals surface area contributed by atoms with Crippen LogP contribution in [0.4, 0.5) is 30.2 Å². The van der Waals surface area contributed by atoms with Crippen molar-refractivity contribution in [2.75, 3.05) is 36.5 Å². The second-order valence-electron chi connectivity index (χ2n) is 10.4. The lowest BCUT2D eigenvalue weighted by Gasteiger charge is -2.19. The number of carbonyl (C=O) groups excluding carboxylic acids is 2. The minimum atomic E-state index is -4.57. The first-order valence-corrected chi connectivity index (χ1v) is 13.5. The number of nitrogen functional groups attached to an aromatic ring is 1. The summed E-state index contributed by atoms with van der Waals surface area (Å²) in [6.45, 7) is 5.51. The summed E-state index contributed by atoms with van der Waals surface area (Å²) in [4.78, 5) is 27.0. The van der Waals surface area contributed by atoms with E-state index in [9.17, 15) is 22.8 Å². The molecule has 2 aliphatic rings. The normalized spacial score (nSPS) is 18.2. The molecule has 40 heavy (non-hydrogen) atoms. The van der Waals surface area contributed by atoms with Gasteiger partial charge >= 0.3 is 6.18 Å². The van der Waals surface area contributed by atoms with Crippen molar-refractivity contribution >= 4 is 40.5 Å². The molecule has 1 saturated heterocycles. The van der Waals surface area contributed by atoms with Gasteiger partial charge in [-0.15, -0.1) is 0 Å². The number of likely N-dealkylation sites (tertiary alicyclic amines) is 1. The van der Waals surface area contributed by atoms with E-state index >= 15 is 0 Å². The second kappa shape index (κ2) is 12.0. The highest BCUT2D eigenvalue weighted by atomic mass is 35.5. The molecule has 4 rings (SSSR count). The topological polar surface area (TPSA) is 112 Å². The average Bonchev–Trinajstić information content (AvgIpc) is 3.63. The first kappa shape index (κ1) is 29.5. The second-order valence-corrected chi connectivity index (χ2v) is 10.8. The molecule has 1 atom stereocenters. The Morgan fingerprint density at radius 1 is 1.12 bits per heavy atom. The Kier molecular flexibility index (Phi) is 8.84. The third kappa shape index (κ3) is 6.82. The summed E-state index contributed by atoms with van der Waals surface area (Å²) in [7, 11) is 2.10. The molecule has 1 unspecified atom stereocenters. The maximum atomic E-state index is 13.2. The Labute approximate surface area is 236 Å². The van der Waals surface area contributed by atoms with Gasteiger partial charge in [-0.25, -0.2) is 0 Å². The van der Waals surface area contributed by atoms with E-state index in [0.717, 1.165) is 19.4 Å². The molecular formula is C28H34ClF3N6O2. The summed E-state index contributed by atoms with van der Waals surface area (Å²) in [6, 6.07) is 10.2. The van der Waals surface area contributed by atoms with Crippen LogP contribution in [0.2, 0.25) is 5.02 Å². The van der Waals surface area contributed by atoms with Gasteiger partial charge in [-0.2, -0.15) is 13.2 Å². The Morgan fingerprint density at radius 2 is 1.85 bits per heavy atom. The summed E-state index contributed by atoms with van der Waals surface area (Å²) in [5, 5.41) is 11.7. The molecule has 2 amide bonds. The van der Waals surface area contributed by atoms with Gasteiger partial charge in [0.25, 0.3) is 5.91 Å². The van der Waals surface area contributed by atoms with Gasteiger partial charge in [0.2, 0.25) is 5.91 Å².